The van der Waals surface area contributed by atoms with Gasteiger partial charge in [-0.3, -0.25) is 0 Å². The fraction of sp³-hybridized carbons (Fsp3) is 0. The molecule has 0 N–H and O–H groups in total. The van der Waals surface area contributed by atoms with E-state index < -0.39 is 20.2 Å². The molecule has 0 fully saturated rings. The zero-order valence-corrected chi connectivity index (χ0v) is 42.1. The van der Waals surface area contributed by atoms with E-state index in [0.29, 0.717) is 22.3 Å². The topological polar surface area (TPSA) is 114 Å². The molecule has 8 aromatic rings. The van der Waals surface area contributed by atoms with Crippen LogP contribution in [0, 0.1) is 0 Å². The number of benzene rings is 8. The number of hydrogen-bond acceptors (Lipinski definition) is 6. The first-order valence-electron chi connectivity index (χ1n) is 20.3. The summed E-state index contributed by atoms with van der Waals surface area (Å²) in [6.07, 6.45) is 14.6. The van der Waals surface area contributed by atoms with Crippen molar-refractivity contribution in [3.05, 3.63) is 251 Å². The van der Waals surface area contributed by atoms with Crippen LogP contribution in [-0.2, 0) is 20.2 Å². The van der Waals surface area contributed by atoms with Crippen molar-refractivity contribution in [2.24, 2.45) is 0 Å². The average molecular weight is 921 g/mol. The molecule has 0 saturated heterocycles. The van der Waals surface area contributed by atoms with E-state index >= 15 is 0 Å². The summed E-state index contributed by atoms with van der Waals surface area (Å²) >= 11 is 0. The normalized spacial score (nSPS) is 11.5. The average Bonchev–Trinajstić information content (AvgIpc) is 3.32. The minimum absolute atomic E-state index is 0. The fourth-order valence-corrected chi connectivity index (χ4v) is 8.45. The summed E-state index contributed by atoms with van der Waals surface area (Å²) in [6, 6.07) is 64.2. The fourth-order valence-electron chi connectivity index (χ4n) is 7.09. The summed E-state index contributed by atoms with van der Waals surface area (Å²) in [4.78, 5) is -0.478. The van der Waals surface area contributed by atoms with E-state index in [1.807, 2.05) is 218 Å². The monoisotopic (exact) mass is 920 g/mol. The number of rotatable bonds is 12. The minimum atomic E-state index is -4.68. The summed E-state index contributed by atoms with van der Waals surface area (Å²) in [7, 11) is -9.35. The van der Waals surface area contributed by atoms with E-state index in [1.165, 1.54) is 12.1 Å². The maximum atomic E-state index is 12.1. The third kappa shape index (κ3) is 14.3. The zero-order valence-electron chi connectivity index (χ0n) is 36.5. The van der Waals surface area contributed by atoms with Crippen molar-refractivity contribution >= 4 is 68.8 Å². The Morgan fingerprint density at radius 1 is 0.273 bits per heavy atom. The van der Waals surface area contributed by atoms with E-state index in [4.69, 9.17) is 0 Å². The Bertz CT molecular complexity index is 2940. The quantitative estimate of drug-likeness (QED) is 0.0728. The van der Waals surface area contributed by atoms with Crippen LogP contribution >= 0.6 is 0 Å². The predicted octanol–water partition coefficient (Wildman–Crippen LogP) is 7.21. The molecule has 0 radical (unpaired) electrons. The summed E-state index contributed by atoms with van der Waals surface area (Å²) in [5.41, 5.74) is 9.40. The van der Waals surface area contributed by atoms with Gasteiger partial charge in [0.2, 0.25) is 0 Å². The molecule has 0 atom stereocenters. The van der Waals surface area contributed by atoms with Gasteiger partial charge < -0.3 is 9.11 Å². The molecule has 0 spiro atoms. The van der Waals surface area contributed by atoms with E-state index in [0.717, 1.165) is 44.5 Å². The van der Waals surface area contributed by atoms with Gasteiger partial charge in [-0.25, -0.2) is 16.8 Å². The molecule has 0 bridgehead atoms. The first kappa shape index (κ1) is 51.5. The van der Waals surface area contributed by atoms with Crippen molar-refractivity contribution in [3.63, 3.8) is 0 Å². The Balaban J connectivity index is 0.000000240. The van der Waals surface area contributed by atoms with Gasteiger partial charge in [-0.15, -0.1) is 0 Å². The third-order valence-corrected chi connectivity index (χ3v) is 12.0. The van der Waals surface area contributed by atoms with Crippen LogP contribution in [0.3, 0.4) is 0 Å². The maximum absolute atomic E-state index is 12.1. The van der Waals surface area contributed by atoms with Crippen LogP contribution in [-0.4, -0.2) is 25.9 Å². The van der Waals surface area contributed by atoms with Crippen molar-refractivity contribution < 1.29 is 85.1 Å². The Morgan fingerprint density at radius 2 is 0.500 bits per heavy atom. The predicted molar refractivity (Wildman–Crippen MR) is 261 cm³/mol. The molecule has 0 aliphatic heterocycles. The zero-order chi connectivity index (χ0) is 44.8. The van der Waals surface area contributed by atoms with Gasteiger partial charge in [-0.1, -0.05) is 243 Å². The Morgan fingerprint density at radius 3 is 0.742 bits per heavy atom. The molecule has 0 amide bonds. The van der Waals surface area contributed by atoms with Crippen LogP contribution in [0.4, 0.5) is 0 Å². The molecule has 0 unspecified atom stereocenters. The smallest absolute Gasteiger partial charge is 0.744 e. The molecule has 0 aromatic heterocycles. The van der Waals surface area contributed by atoms with E-state index in [-0.39, 0.29) is 68.9 Å². The van der Waals surface area contributed by atoms with E-state index in [2.05, 4.69) is 0 Å². The molecule has 0 saturated carbocycles. The van der Waals surface area contributed by atoms with Crippen LogP contribution in [0.25, 0.3) is 70.9 Å². The van der Waals surface area contributed by atoms with E-state index in [1.54, 1.807) is 24.3 Å². The second kappa shape index (κ2) is 24.9. The summed E-state index contributed by atoms with van der Waals surface area (Å²) in [5, 5.41) is 0. The largest absolute Gasteiger partial charge is 1.00 e. The molecule has 8 aromatic carbocycles. The summed E-state index contributed by atoms with van der Waals surface area (Å²) in [6.45, 7) is 0. The molecular weight excluding hydrogens is 879 g/mol. The van der Waals surface area contributed by atoms with Crippen molar-refractivity contribution in [3.8, 4) is 22.3 Å². The van der Waals surface area contributed by atoms with Gasteiger partial charge in [0, 0.05) is 0 Å². The number of hydrogen-bond donors (Lipinski definition) is 0. The van der Waals surface area contributed by atoms with Gasteiger partial charge in [-0.05, 0) is 78.9 Å². The van der Waals surface area contributed by atoms with E-state index in [9.17, 15) is 25.9 Å². The van der Waals surface area contributed by atoms with Gasteiger partial charge in [0.05, 0.1) is 9.79 Å². The van der Waals surface area contributed by atoms with Crippen LogP contribution in [0.2, 0.25) is 0 Å². The van der Waals surface area contributed by atoms with Crippen LogP contribution in [0.1, 0.15) is 44.5 Å². The summed E-state index contributed by atoms with van der Waals surface area (Å²) < 4.78 is 72.8. The molecule has 0 aliphatic carbocycles. The maximum Gasteiger partial charge on any atom is 1.00 e. The first-order chi connectivity index (χ1) is 31.0. The van der Waals surface area contributed by atoms with Crippen molar-refractivity contribution in [1.29, 1.82) is 0 Å². The Labute approximate surface area is 432 Å². The van der Waals surface area contributed by atoms with Crippen LogP contribution in [0.15, 0.2) is 216 Å². The van der Waals surface area contributed by atoms with Crippen molar-refractivity contribution in [2.45, 2.75) is 9.79 Å². The summed E-state index contributed by atoms with van der Waals surface area (Å²) in [5.74, 6) is 0. The van der Waals surface area contributed by atoms with Gasteiger partial charge >= 0.3 is 59.1 Å². The van der Waals surface area contributed by atoms with Gasteiger partial charge in [0.1, 0.15) is 20.2 Å². The molecule has 8 rings (SSSR count). The minimum Gasteiger partial charge on any atom is -0.744 e. The standard InChI is InChI=1S/2C28H22O3S.2Na/c2*29-32(30,31)28-21-20-25(24-14-8-3-9-15-24)26(18-16-22-10-4-1-5-11-22)27(28)19-17-23-12-6-2-7-13-23;;/h2*1-21H,(H,29,30,31);;/q;;2*+1/p-2. The van der Waals surface area contributed by atoms with Gasteiger partial charge in [0.25, 0.3) is 0 Å². The van der Waals surface area contributed by atoms with Crippen LogP contribution in [0.5, 0.6) is 0 Å². The van der Waals surface area contributed by atoms with Gasteiger partial charge in [0.15, 0.2) is 0 Å². The Kier molecular flexibility index (Phi) is 19.4. The second-order valence-corrected chi connectivity index (χ2v) is 17.2. The first-order valence-corrected chi connectivity index (χ1v) is 23.2. The second-order valence-electron chi connectivity index (χ2n) is 14.5. The van der Waals surface area contributed by atoms with Crippen molar-refractivity contribution in [1.82, 2.24) is 0 Å². The molecule has 6 nitrogen and oxygen atoms in total. The van der Waals surface area contributed by atoms with Crippen molar-refractivity contribution in [2.75, 3.05) is 0 Å². The molecular formula is C56H42Na2O6S2. The molecule has 0 heterocycles. The van der Waals surface area contributed by atoms with Crippen LogP contribution < -0.4 is 59.1 Å². The Hall–Kier alpha value is -5.46. The van der Waals surface area contributed by atoms with Gasteiger partial charge in [-0.2, -0.15) is 0 Å². The molecule has 10 heteroatoms. The molecule has 66 heavy (non-hydrogen) atoms. The molecule has 0 aliphatic rings. The SMILES string of the molecule is O=S(=O)([O-])c1ccc(-c2ccccc2)c(C=Cc2ccccc2)c1C=Cc1ccccc1.O=S(=O)([O-])c1ccc(-c2ccccc2)c(C=Cc2ccccc2)c1C=Cc1ccccc1.[Na+].[Na+]. The molecule has 316 valence electrons. The third-order valence-electron chi connectivity index (χ3n) is 10.2.